The van der Waals surface area contributed by atoms with Crippen molar-refractivity contribution in [1.82, 2.24) is 10.2 Å². The fourth-order valence-electron chi connectivity index (χ4n) is 2.69. The lowest BCUT2D eigenvalue weighted by Gasteiger charge is -2.22. The van der Waals surface area contributed by atoms with Crippen LogP contribution in [0, 0.1) is 13.8 Å². The smallest absolute Gasteiger partial charge is 0.408 e. The summed E-state index contributed by atoms with van der Waals surface area (Å²) < 4.78 is 5.11. The number of nitrogens with one attached hydrogen (secondary N) is 2. The molecule has 29 heavy (non-hydrogen) atoms. The number of rotatable bonds is 7. The third-order valence-electron chi connectivity index (χ3n) is 4.34. The van der Waals surface area contributed by atoms with E-state index in [1.807, 2.05) is 62.4 Å². The van der Waals surface area contributed by atoms with E-state index in [2.05, 4.69) is 10.6 Å². The third-order valence-corrected chi connectivity index (χ3v) is 4.34. The molecule has 2 N–H and O–H groups in total. The fraction of sp³-hybridized carbons (Fsp3) is 0.318. The van der Waals surface area contributed by atoms with E-state index < -0.39 is 18.0 Å². The predicted molar refractivity (Wildman–Crippen MR) is 111 cm³/mol. The molecular weight excluding hydrogens is 370 g/mol. The molecule has 0 fully saturated rings. The molecule has 0 aliphatic carbocycles. The molecule has 2 aromatic carbocycles. The monoisotopic (exact) mass is 397 g/mol. The van der Waals surface area contributed by atoms with Crippen molar-refractivity contribution in [3.8, 4) is 0 Å². The van der Waals surface area contributed by atoms with Gasteiger partial charge in [0.1, 0.15) is 12.6 Å². The molecule has 0 heterocycles. The van der Waals surface area contributed by atoms with Gasteiger partial charge in [0.25, 0.3) is 0 Å². The Hall–Kier alpha value is -3.35. The van der Waals surface area contributed by atoms with Crippen molar-refractivity contribution in [2.75, 3.05) is 18.9 Å². The number of carbonyl (C=O) groups excluding carboxylic acids is 3. The molecule has 0 aliphatic heterocycles. The molecular formula is C22H27N3O4. The number of ether oxygens (including phenoxy) is 1. The highest BCUT2D eigenvalue weighted by molar-refractivity contribution is 5.96. The highest BCUT2D eigenvalue weighted by Crippen LogP contribution is 2.16. The number of aryl methyl sites for hydroxylation is 2. The average molecular weight is 397 g/mol. The number of hydrogen-bond donors (Lipinski definition) is 2. The Balaban J connectivity index is 1.81. The number of benzene rings is 2. The van der Waals surface area contributed by atoms with Gasteiger partial charge in [0.05, 0.1) is 6.54 Å². The molecule has 0 aliphatic rings. The fourth-order valence-corrected chi connectivity index (χ4v) is 2.69. The summed E-state index contributed by atoms with van der Waals surface area (Å²) in [6, 6.07) is 14.2. The zero-order valence-corrected chi connectivity index (χ0v) is 17.2. The summed E-state index contributed by atoms with van der Waals surface area (Å²) in [4.78, 5) is 37.9. The molecule has 2 aromatic rings. The Bertz CT molecular complexity index is 868. The van der Waals surface area contributed by atoms with Crippen LogP contribution in [-0.2, 0) is 20.9 Å². The number of alkyl carbamates (subject to hydrolysis) is 1. The van der Waals surface area contributed by atoms with Crippen molar-refractivity contribution < 1.29 is 19.1 Å². The Morgan fingerprint density at radius 1 is 1.07 bits per heavy atom. The summed E-state index contributed by atoms with van der Waals surface area (Å²) in [5.74, 6) is -0.703. The maximum atomic E-state index is 12.4. The van der Waals surface area contributed by atoms with Crippen LogP contribution in [0.5, 0.6) is 0 Å². The zero-order valence-electron chi connectivity index (χ0n) is 17.2. The highest BCUT2D eigenvalue weighted by Gasteiger charge is 2.22. The summed E-state index contributed by atoms with van der Waals surface area (Å²) in [6.45, 7) is 5.37. The molecule has 154 valence electrons. The van der Waals surface area contributed by atoms with Crippen LogP contribution in [0.25, 0.3) is 0 Å². The van der Waals surface area contributed by atoms with Gasteiger partial charge in [-0.1, -0.05) is 42.5 Å². The van der Waals surface area contributed by atoms with Gasteiger partial charge < -0.3 is 20.3 Å². The van der Waals surface area contributed by atoms with E-state index in [-0.39, 0.29) is 19.1 Å². The van der Waals surface area contributed by atoms with Crippen LogP contribution < -0.4 is 10.6 Å². The molecule has 1 atom stereocenters. The van der Waals surface area contributed by atoms with Gasteiger partial charge in [-0.25, -0.2) is 4.79 Å². The summed E-state index contributed by atoms with van der Waals surface area (Å²) in [5, 5.41) is 5.30. The molecule has 0 saturated carbocycles. The molecule has 1 unspecified atom stereocenters. The number of hydrogen-bond acceptors (Lipinski definition) is 4. The predicted octanol–water partition coefficient (Wildman–Crippen LogP) is 3.02. The topological polar surface area (TPSA) is 87.7 Å². The zero-order chi connectivity index (χ0) is 21.4. The molecule has 3 amide bonds. The van der Waals surface area contributed by atoms with Crippen LogP contribution >= 0.6 is 0 Å². The van der Waals surface area contributed by atoms with Crippen molar-refractivity contribution in [2.24, 2.45) is 0 Å². The van der Waals surface area contributed by atoms with Crippen molar-refractivity contribution >= 4 is 23.6 Å². The van der Waals surface area contributed by atoms with Gasteiger partial charge in [0.15, 0.2) is 0 Å². The lowest BCUT2D eigenvalue weighted by atomic mass is 10.1. The van der Waals surface area contributed by atoms with E-state index in [0.717, 1.165) is 16.7 Å². The largest absolute Gasteiger partial charge is 0.445 e. The molecule has 0 aromatic heterocycles. The molecule has 2 rings (SSSR count). The van der Waals surface area contributed by atoms with E-state index in [4.69, 9.17) is 4.74 Å². The van der Waals surface area contributed by atoms with E-state index >= 15 is 0 Å². The Morgan fingerprint density at radius 2 is 1.76 bits per heavy atom. The number of amides is 3. The van der Waals surface area contributed by atoms with Gasteiger partial charge in [-0.05, 0) is 43.5 Å². The van der Waals surface area contributed by atoms with Crippen molar-refractivity contribution in [3.05, 3.63) is 65.2 Å². The molecule has 0 spiro atoms. The number of nitrogens with zero attached hydrogens (tertiary/aromatic N) is 1. The molecule has 0 radical (unpaired) electrons. The molecule has 7 nitrogen and oxygen atoms in total. The van der Waals surface area contributed by atoms with E-state index in [1.54, 1.807) is 6.92 Å². The maximum absolute atomic E-state index is 12.4. The molecule has 0 bridgehead atoms. The first-order valence-electron chi connectivity index (χ1n) is 9.35. The minimum atomic E-state index is -0.822. The number of likely N-dealkylation sites (N-methyl/N-ethyl adjacent to an activating group) is 1. The van der Waals surface area contributed by atoms with Crippen molar-refractivity contribution in [3.63, 3.8) is 0 Å². The summed E-state index contributed by atoms with van der Waals surface area (Å²) in [6.07, 6.45) is -0.692. The SMILES string of the molecule is Cc1ccc(C)c(NC(=O)CN(C)C(=O)C(C)NC(=O)OCc2ccccc2)c1. The first-order valence-corrected chi connectivity index (χ1v) is 9.35. The highest BCUT2D eigenvalue weighted by atomic mass is 16.5. The van der Waals surface area contributed by atoms with Crippen LogP contribution in [0.15, 0.2) is 48.5 Å². The Morgan fingerprint density at radius 3 is 2.45 bits per heavy atom. The van der Waals surface area contributed by atoms with Gasteiger partial charge >= 0.3 is 6.09 Å². The van der Waals surface area contributed by atoms with Gasteiger partial charge in [-0.2, -0.15) is 0 Å². The van der Waals surface area contributed by atoms with Gasteiger partial charge in [0.2, 0.25) is 11.8 Å². The van der Waals surface area contributed by atoms with Crippen LogP contribution in [-0.4, -0.2) is 42.4 Å². The third kappa shape index (κ3) is 6.95. The second-order valence-corrected chi connectivity index (χ2v) is 6.99. The number of anilines is 1. The van der Waals surface area contributed by atoms with Crippen molar-refractivity contribution in [1.29, 1.82) is 0 Å². The summed E-state index contributed by atoms with van der Waals surface area (Å²) >= 11 is 0. The maximum Gasteiger partial charge on any atom is 0.408 e. The van der Waals surface area contributed by atoms with Crippen molar-refractivity contribution in [2.45, 2.75) is 33.4 Å². The molecule has 7 heteroatoms. The quantitative estimate of drug-likeness (QED) is 0.752. The van der Waals surface area contributed by atoms with E-state index in [1.165, 1.54) is 11.9 Å². The Labute approximate surface area is 171 Å². The van der Waals surface area contributed by atoms with Gasteiger partial charge in [-0.3, -0.25) is 9.59 Å². The summed E-state index contributed by atoms with van der Waals surface area (Å²) in [5.41, 5.74) is 3.53. The normalized spacial score (nSPS) is 11.3. The van der Waals surface area contributed by atoms with Crippen LogP contribution in [0.2, 0.25) is 0 Å². The van der Waals surface area contributed by atoms with Gasteiger partial charge in [-0.15, -0.1) is 0 Å². The van der Waals surface area contributed by atoms with Crippen LogP contribution in [0.3, 0.4) is 0 Å². The summed E-state index contributed by atoms with van der Waals surface area (Å²) in [7, 11) is 1.51. The average Bonchev–Trinajstić information content (AvgIpc) is 2.69. The minimum absolute atomic E-state index is 0.113. The van der Waals surface area contributed by atoms with Gasteiger partial charge in [0, 0.05) is 12.7 Å². The minimum Gasteiger partial charge on any atom is -0.445 e. The van der Waals surface area contributed by atoms with E-state index in [9.17, 15) is 14.4 Å². The first kappa shape index (κ1) is 21.9. The molecule has 0 saturated heterocycles. The van der Waals surface area contributed by atoms with Crippen LogP contribution in [0.4, 0.5) is 10.5 Å². The first-order chi connectivity index (χ1) is 13.8. The lowest BCUT2D eigenvalue weighted by molar-refractivity contribution is -0.134. The number of carbonyl (C=O) groups is 3. The standard InChI is InChI=1S/C22H27N3O4/c1-15-10-11-16(2)19(12-15)24-20(26)13-25(4)21(27)17(3)23-22(28)29-14-18-8-6-5-7-9-18/h5-12,17H,13-14H2,1-4H3,(H,23,28)(H,24,26). The Kier molecular flexibility index (Phi) is 7.77. The van der Waals surface area contributed by atoms with E-state index in [0.29, 0.717) is 5.69 Å². The second-order valence-electron chi connectivity index (χ2n) is 6.99. The second kappa shape index (κ2) is 10.3. The lowest BCUT2D eigenvalue weighted by Crippen LogP contribution is -2.47. The van der Waals surface area contributed by atoms with Crippen LogP contribution in [0.1, 0.15) is 23.6 Å².